The lowest BCUT2D eigenvalue weighted by atomic mass is 9.95. The van der Waals surface area contributed by atoms with Crippen molar-refractivity contribution in [3.8, 4) is 46.0 Å². The van der Waals surface area contributed by atoms with Crippen molar-refractivity contribution < 1.29 is 42.4 Å². The minimum Gasteiger partial charge on any atom is -0.541 e. The zero-order chi connectivity index (χ0) is 38.5. The molecule has 0 aromatic heterocycles. The number of rotatable bonds is 10. The average molecular weight is 806 g/mol. The lowest BCUT2D eigenvalue weighted by Gasteiger charge is -2.37. The highest BCUT2D eigenvalue weighted by atomic mass is 79.9. The molecule has 1 atom stereocenters. The van der Waals surface area contributed by atoms with Crippen LogP contribution >= 0.6 is 15.9 Å². The summed E-state index contributed by atoms with van der Waals surface area (Å²) < 4.78 is 47.5. The summed E-state index contributed by atoms with van der Waals surface area (Å²) >= 11 is 3.46. The van der Waals surface area contributed by atoms with Crippen LogP contribution in [0, 0.1) is 0 Å². The number of fused-ring (bicyclic) bond motifs is 1. The highest BCUT2D eigenvalue weighted by Crippen LogP contribution is 2.51. The minimum absolute atomic E-state index is 0.0174. The van der Waals surface area contributed by atoms with Crippen LogP contribution in [-0.4, -0.2) is 70.0 Å². The van der Waals surface area contributed by atoms with Gasteiger partial charge in [-0.05, 0) is 89.9 Å². The van der Waals surface area contributed by atoms with Crippen LogP contribution < -0.4 is 37.3 Å². The molecule has 0 spiro atoms. The van der Waals surface area contributed by atoms with E-state index in [4.69, 9.17) is 37.3 Å². The molecule has 1 unspecified atom stereocenters. The molecule has 51 heavy (non-hydrogen) atoms. The number of hydrogen-bond donors (Lipinski definition) is 1. The highest BCUT2D eigenvalue weighted by Gasteiger charge is 2.40. The molecule has 1 N–H and O–H groups in total. The SMILES string of the molecule is COc1ccc(Br)cc1O[Si](C)(C)C(C)(C)C.COc1ccc(C2=CC(O)COc3c2cc(OC)c(OC)c3OC)cc1O[Si](C)(C)C(C)(C)C. The number of hydrogen-bond acceptors (Lipinski definition) is 9. The molecule has 282 valence electrons. The molecule has 3 aromatic carbocycles. The monoisotopic (exact) mass is 804 g/mol. The van der Waals surface area contributed by atoms with Crippen molar-refractivity contribution in [1.82, 2.24) is 0 Å². The maximum Gasteiger partial charge on any atom is 0.250 e. The van der Waals surface area contributed by atoms with Crippen LogP contribution in [0.25, 0.3) is 5.57 Å². The zero-order valence-electron chi connectivity index (χ0n) is 33.0. The van der Waals surface area contributed by atoms with Gasteiger partial charge in [0.2, 0.25) is 11.5 Å². The molecule has 1 aliphatic heterocycles. The lowest BCUT2D eigenvalue weighted by molar-refractivity contribution is 0.143. The Balaban J connectivity index is 0.000000347. The molecule has 4 rings (SSSR count). The van der Waals surface area contributed by atoms with Crippen LogP contribution in [0.1, 0.15) is 52.7 Å². The first-order valence-electron chi connectivity index (χ1n) is 16.9. The van der Waals surface area contributed by atoms with Crippen molar-refractivity contribution in [2.75, 3.05) is 42.2 Å². The molecule has 0 radical (unpaired) electrons. The molecule has 0 aliphatic carbocycles. The average Bonchev–Trinajstić information content (AvgIpc) is 3.21. The Morgan fingerprint density at radius 2 is 1.14 bits per heavy atom. The van der Waals surface area contributed by atoms with Crippen molar-refractivity contribution in [3.05, 3.63) is 64.1 Å². The summed E-state index contributed by atoms with van der Waals surface area (Å²) in [5.41, 5.74) is 2.33. The molecular formula is C39H57BrO9Si2. The van der Waals surface area contributed by atoms with Gasteiger partial charge in [0.15, 0.2) is 23.0 Å². The number of ether oxygens (including phenoxy) is 6. The first-order chi connectivity index (χ1) is 23.6. The van der Waals surface area contributed by atoms with Gasteiger partial charge in [-0.25, -0.2) is 0 Å². The maximum atomic E-state index is 10.6. The van der Waals surface area contributed by atoms with E-state index in [0.29, 0.717) is 34.5 Å². The van der Waals surface area contributed by atoms with E-state index in [1.165, 1.54) is 0 Å². The number of benzene rings is 3. The predicted molar refractivity (Wildman–Crippen MR) is 214 cm³/mol. The highest BCUT2D eigenvalue weighted by molar-refractivity contribution is 9.10. The minimum atomic E-state index is -2.13. The molecule has 0 amide bonds. The predicted octanol–water partition coefficient (Wildman–Crippen LogP) is 10.1. The van der Waals surface area contributed by atoms with Gasteiger partial charge in [-0.1, -0.05) is 63.5 Å². The van der Waals surface area contributed by atoms with Crippen LogP contribution in [0.5, 0.6) is 46.0 Å². The van der Waals surface area contributed by atoms with Crippen LogP contribution in [0.15, 0.2) is 53.0 Å². The quantitative estimate of drug-likeness (QED) is 0.201. The molecule has 1 heterocycles. The number of aliphatic hydroxyl groups excluding tert-OH is 1. The lowest BCUT2D eigenvalue weighted by Crippen LogP contribution is -2.43. The number of aliphatic hydroxyl groups is 1. The van der Waals surface area contributed by atoms with Gasteiger partial charge < -0.3 is 42.4 Å². The molecule has 0 saturated heterocycles. The van der Waals surface area contributed by atoms with E-state index in [1.54, 1.807) is 41.6 Å². The van der Waals surface area contributed by atoms with Gasteiger partial charge in [0.1, 0.15) is 24.2 Å². The number of halogens is 1. The number of methoxy groups -OCH3 is 5. The largest absolute Gasteiger partial charge is 0.541 e. The third-order valence-electron chi connectivity index (χ3n) is 9.78. The van der Waals surface area contributed by atoms with Gasteiger partial charge in [-0.15, -0.1) is 0 Å². The van der Waals surface area contributed by atoms with E-state index >= 15 is 0 Å². The van der Waals surface area contributed by atoms with Gasteiger partial charge in [0, 0.05) is 10.0 Å². The first-order valence-corrected chi connectivity index (χ1v) is 23.5. The topological polar surface area (TPSA) is 94.1 Å². The van der Waals surface area contributed by atoms with Crippen molar-refractivity contribution in [1.29, 1.82) is 0 Å². The van der Waals surface area contributed by atoms with Crippen molar-refractivity contribution in [2.24, 2.45) is 0 Å². The summed E-state index contributed by atoms with van der Waals surface area (Å²) in [6, 6.07) is 13.5. The second-order valence-corrected chi connectivity index (χ2v) is 25.7. The van der Waals surface area contributed by atoms with Crippen LogP contribution in [0.4, 0.5) is 0 Å². The summed E-state index contributed by atoms with van der Waals surface area (Å²) in [5, 5.41) is 10.8. The van der Waals surface area contributed by atoms with Gasteiger partial charge in [-0.2, -0.15) is 0 Å². The van der Waals surface area contributed by atoms with Crippen molar-refractivity contribution >= 4 is 38.1 Å². The Kier molecular flexibility index (Phi) is 13.7. The van der Waals surface area contributed by atoms with Gasteiger partial charge >= 0.3 is 0 Å². The maximum absolute atomic E-state index is 10.6. The van der Waals surface area contributed by atoms with E-state index in [9.17, 15) is 5.11 Å². The molecule has 0 saturated carbocycles. The zero-order valence-corrected chi connectivity index (χ0v) is 36.6. The summed E-state index contributed by atoms with van der Waals surface area (Å²) in [7, 11) is 4.01. The fraction of sp³-hybridized carbons (Fsp3) is 0.487. The van der Waals surface area contributed by atoms with Crippen LogP contribution in [0.2, 0.25) is 36.3 Å². The Labute approximate surface area is 315 Å². The molecule has 0 bridgehead atoms. The summed E-state index contributed by atoms with van der Waals surface area (Å²) in [4.78, 5) is 0. The first kappa shape index (κ1) is 42.1. The Morgan fingerprint density at radius 1 is 0.647 bits per heavy atom. The smallest absolute Gasteiger partial charge is 0.250 e. The fourth-order valence-electron chi connectivity index (χ4n) is 4.73. The van der Waals surface area contributed by atoms with Gasteiger partial charge in [-0.3, -0.25) is 0 Å². The molecule has 12 heteroatoms. The van der Waals surface area contributed by atoms with Crippen LogP contribution in [0.3, 0.4) is 0 Å². The second kappa shape index (κ2) is 16.6. The summed E-state index contributed by atoms with van der Waals surface area (Å²) in [6.07, 6.45) is 0.950. The van der Waals surface area contributed by atoms with Gasteiger partial charge in [0.05, 0.1) is 35.5 Å². The fourth-order valence-corrected chi connectivity index (χ4v) is 7.11. The van der Waals surface area contributed by atoms with E-state index < -0.39 is 22.7 Å². The molecule has 3 aromatic rings. The van der Waals surface area contributed by atoms with E-state index in [1.807, 2.05) is 42.5 Å². The Morgan fingerprint density at radius 3 is 1.61 bits per heavy atom. The van der Waals surface area contributed by atoms with E-state index in [0.717, 1.165) is 32.7 Å². The summed E-state index contributed by atoms with van der Waals surface area (Å²) in [6.45, 7) is 22.2. The van der Waals surface area contributed by atoms with E-state index in [-0.39, 0.29) is 16.7 Å². The van der Waals surface area contributed by atoms with Crippen molar-refractivity contribution in [3.63, 3.8) is 0 Å². The standard InChI is InChI=1S/C26H36O7Si.C13H21BrO2Si/c1-26(2,3)34(8,9)33-21-12-16(10-11-20(21)28-4)18-13-17(27)15-32-23-19(18)14-22(29-5)24(30-6)25(23)31-7;1-13(2,3)17(5,6)16-12-9-10(14)7-8-11(12)15-4/h10-14,17,27H,15H2,1-9H3;7-9H,1-6H3. The second-order valence-electron chi connectivity index (χ2n) is 15.4. The molecular weight excluding hydrogens is 748 g/mol. The van der Waals surface area contributed by atoms with E-state index in [2.05, 4.69) is 83.7 Å². The third-order valence-corrected chi connectivity index (χ3v) is 19.0. The normalized spacial score (nSPS) is 14.8. The summed E-state index contributed by atoms with van der Waals surface area (Å²) in [5.74, 6) is 4.75. The van der Waals surface area contributed by atoms with Gasteiger partial charge in [0.25, 0.3) is 16.6 Å². The molecule has 9 nitrogen and oxygen atoms in total. The third kappa shape index (κ3) is 9.76. The Bertz CT molecular complexity index is 1690. The van der Waals surface area contributed by atoms with Crippen molar-refractivity contribution in [2.45, 2.75) is 83.9 Å². The Hall–Kier alpha value is -3.33. The molecule has 0 fully saturated rings. The molecule has 1 aliphatic rings. The van der Waals surface area contributed by atoms with Crippen LogP contribution in [-0.2, 0) is 0 Å².